The highest BCUT2D eigenvalue weighted by atomic mass is 16.6. The Balaban J connectivity index is 1.98. The third-order valence-corrected chi connectivity index (χ3v) is 4.62. The molecule has 3 rings (SSSR count). The van der Waals surface area contributed by atoms with Gasteiger partial charge in [0.25, 0.3) is 5.69 Å². The van der Waals surface area contributed by atoms with Crippen LogP contribution in [0.3, 0.4) is 0 Å². The van der Waals surface area contributed by atoms with E-state index in [9.17, 15) is 10.1 Å². The number of fused-ring (bicyclic) bond motifs is 1. The van der Waals surface area contributed by atoms with Gasteiger partial charge in [-0.3, -0.25) is 10.1 Å². The van der Waals surface area contributed by atoms with E-state index < -0.39 is 0 Å². The molecule has 1 N–H and O–H groups in total. The molecule has 0 aromatic heterocycles. The maximum Gasteiger partial charge on any atom is 0.292 e. The van der Waals surface area contributed by atoms with Crippen molar-refractivity contribution in [3.05, 3.63) is 28.3 Å². The average molecular weight is 277 g/mol. The standard InChI is InChI=1S/C14H19N3O3/c1-9-12-7-15-6-10(12)8-16(9)14-5-11(20-2)3-4-13(14)17(18)19/h3-5,9-10,12,15H,6-8H2,1-2H3. The SMILES string of the molecule is COc1ccc([N+](=O)[O-])c(N2CC3CNCC3C2C)c1. The van der Waals surface area contributed by atoms with Gasteiger partial charge in [0.15, 0.2) is 0 Å². The lowest BCUT2D eigenvalue weighted by atomic mass is 9.95. The summed E-state index contributed by atoms with van der Waals surface area (Å²) in [5.41, 5.74) is 0.835. The topological polar surface area (TPSA) is 67.6 Å². The number of nitro benzene ring substituents is 1. The summed E-state index contributed by atoms with van der Waals surface area (Å²) in [7, 11) is 1.58. The van der Waals surface area contributed by atoms with Gasteiger partial charge in [0.1, 0.15) is 11.4 Å². The smallest absolute Gasteiger partial charge is 0.292 e. The summed E-state index contributed by atoms with van der Waals surface area (Å²) in [6, 6.07) is 5.27. The van der Waals surface area contributed by atoms with E-state index in [4.69, 9.17) is 4.74 Å². The van der Waals surface area contributed by atoms with Crippen LogP contribution in [0, 0.1) is 22.0 Å². The van der Waals surface area contributed by atoms with Gasteiger partial charge < -0.3 is 15.0 Å². The Hall–Kier alpha value is -1.82. The highest BCUT2D eigenvalue weighted by Crippen LogP contribution is 2.41. The molecule has 6 nitrogen and oxygen atoms in total. The van der Waals surface area contributed by atoms with Gasteiger partial charge in [-0.05, 0) is 24.8 Å². The minimum atomic E-state index is -0.312. The van der Waals surface area contributed by atoms with Crippen LogP contribution in [0.15, 0.2) is 18.2 Å². The van der Waals surface area contributed by atoms with E-state index in [1.165, 1.54) is 6.07 Å². The first-order valence-corrected chi connectivity index (χ1v) is 6.91. The van der Waals surface area contributed by atoms with Gasteiger partial charge in [-0.2, -0.15) is 0 Å². The molecular formula is C14H19N3O3. The number of hydrogen-bond acceptors (Lipinski definition) is 5. The number of nitrogens with one attached hydrogen (secondary N) is 1. The van der Waals surface area contributed by atoms with Crippen LogP contribution < -0.4 is 15.0 Å². The second-order valence-electron chi connectivity index (χ2n) is 5.59. The molecule has 0 radical (unpaired) electrons. The fourth-order valence-corrected chi connectivity index (χ4v) is 3.50. The molecule has 1 aromatic rings. The molecule has 3 atom stereocenters. The summed E-state index contributed by atoms with van der Waals surface area (Å²) >= 11 is 0. The summed E-state index contributed by atoms with van der Waals surface area (Å²) in [6.07, 6.45) is 0. The lowest BCUT2D eigenvalue weighted by Crippen LogP contribution is -2.33. The van der Waals surface area contributed by atoms with E-state index in [1.807, 2.05) is 0 Å². The van der Waals surface area contributed by atoms with Gasteiger partial charge in [0.2, 0.25) is 0 Å². The molecule has 0 saturated carbocycles. The Labute approximate surface area is 117 Å². The average Bonchev–Trinajstić information content (AvgIpc) is 3.01. The first-order valence-electron chi connectivity index (χ1n) is 6.91. The second-order valence-corrected chi connectivity index (χ2v) is 5.59. The zero-order chi connectivity index (χ0) is 14.3. The Morgan fingerprint density at radius 2 is 2.25 bits per heavy atom. The first kappa shape index (κ1) is 13.2. The second kappa shape index (κ2) is 4.94. The van der Waals surface area contributed by atoms with Gasteiger partial charge in [0.05, 0.1) is 12.0 Å². The lowest BCUT2D eigenvalue weighted by molar-refractivity contribution is -0.384. The zero-order valence-electron chi connectivity index (χ0n) is 11.7. The Morgan fingerprint density at radius 3 is 2.90 bits per heavy atom. The molecule has 2 aliphatic rings. The van der Waals surface area contributed by atoms with Crippen LogP contribution in [0.2, 0.25) is 0 Å². The molecule has 0 aliphatic carbocycles. The van der Waals surface area contributed by atoms with Crippen molar-refractivity contribution >= 4 is 11.4 Å². The lowest BCUT2D eigenvalue weighted by Gasteiger charge is -2.26. The van der Waals surface area contributed by atoms with E-state index in [0.717, 1.165) is 19.6 Å². The summed E-state index contributed by atoms with van der Waals surface area (Å²) < 4.78 is 5.22. The molecular weight excluding hydrogens is 258 g/mol. The third kappa shape index (κ3) is 2.00. The molecule has 0 bridgehead atoms. The molecule has 20 heavy (non-hydrogen) atoms. The highest BCUT2D eigenvalue weighted by molar-refractivity contribution is 5.67. The molecule has 108 valence electrons. The normalized spacial score (nSPS) is 28.5. The number of anilines is 1. The minimum Gasteiger partial charge on any atom is -0.497 e. The van der Waals surface area contributed by atoms with Crippen LogP contribution in [-0.4, -0.2) is 37.7 Å². The molecule has 6 heteroatoms. The summed E-state index contributed by atoms with van der Waals surface area (Å²) in [4.78, 5) is 13.1. The number of benzene rings is 1. The van der Waals surface area contributed by atoms with E-state index >= 15 is 0 Å². The van der Waals surface area contributed by atoms with Crippen LogP contribution in [0.5, 0.6) is 5.75 Å². The minimum absolute atomic E-state index is 0.158. The van der Waals surface area contributed by atoms with Crippen molar-refractivity contribution in [3.8, 4) is 5.75 Å². The van der Waals surface area contributed by atoms with Gasteiger partial charge in [0, 0.05) is 37.8 Å². The van der Waals surface area contributed by atoms with Crippen LogP contribution in [-0.2, 0) is 0 Å². The summed E-state index contributed by atoms with van der Waals surface area (Å²) in [5, 5.41) is 14.7. The van der Waals surface area contributed by atoms with E-state index in [0.29, 0.717) is 29.3 Å². The Bertz CT molecular complexity index is 534. The van der Waals surface area contributed by atoms with E-state index in [1.54, 1.807) is 19.2 Å². The number of rotatable bonds is 3. The largest absolute Gasteiger partial charge is 0.497 e. The van der Waals surface area contributed by atoms with Gasteiger partial charge in [-0.25, -0.2) is 0 Å². The molecule has 2 aliphatic heterocycles. The fourth-order valence-electron chi connectivity index (χ4n) is 3.50. The number of methoxy groups -OCH3 is 1. The van der Waals surface area contributed by atoms with Crippen LogP contribution in [0.1, 0.15) is 6.92 Å². The molecule has 0 amide bonds. The van der Waals surface area contributed by atoms with Crippen molar-refractivity contribution in [1.82, 2.24) is 5.32 Å². The molecule has 1 aromatic carbocycles. The quantitative estimate of drug-likeness (QED) is 0.672. The van der Waals surface area contributed by atoms with Crippen molar-refractivity contribution in [2.24, 2.45) is 11.8 Å². The molecule has 2 fully saturated rings. The predicted molar refractivity (Wildman–Crippen MR) is 76.3 cm³/mol. The monoisotopic (exact) mass is 277 g/mol. The van der Waals surface area contributed by atoms with Crippen molar-refractivity contribution in [2.45, 2.75) is 13.0 Å². The fraction of sp³-hybridized carbons (Fsp3) is 0.571. The molecule has 2 heterocycles. The van der Waals surface area contributed by atoms with Crippen molar-refractivity contribution in [3.63, 3.8) is 0 Å². The van der Waals surface area contributed by atoms with Gasteiger partial charge in [-0.1, -0.05) is 0 Å². The van der Waals surface area contributed by atoms with Crippen LogP contribution in [0.4, 0.5) is 11.4 Å². The van der Waals surface area contributed by atoms with Crippen molar-refractivity contribution in [1.29, 1.82) is 0 Å². The maximum absolute atomic E-state index is 11.3. The number of hydrogen-bond donors (Lipinski definition) is 1. The summed E-state index contributed by atoms with van der Waals surface area (Å²) in [6.45, 7) is 5.02. The van der Waals surface area contributed by atoms with Crippen LogP contribution >= 0.6 is 0 Å². The molecule has 0 spiro atoms. The summed E-state index contributed by atoms with van der Waals surface area (Å²) in [5.74, 6) is 1.81. The maximum atomic E-state index is 11.3. The zero-order valence-corrected chi connectivity index (χ0v) is 11.7. The molecule has 3 unspecified atom stereocenters. The number of nitro groups is 1. The highest BCUT2D eigenvalue weighted by Gasteiger charge is 2.43. The van der Waals surface area contributed by atoms with E-state index in [2.05, 4.69) is 17.1 Å². The van der Waals surface area contributed by atoms with Crippen LogP contribution in [0.25, 0.3) is 0 Å². The van der Waals surface area contributed by atoms with Crippen molar-refractivity contribution in [2.75, 3.05) is 31.6 Å². The van der Waals surface area contributed by atoms with Gasteiger partial charge >= 0.3 is 0 Å². The Kier molecular flexibility index (Phi) is 3.25. The predicted octanol–water partition coefficient (Wildman–Crippen LogP) is 1.65. The molecule has 2 saturated heterocycles. The number of nitrogens with zero attached hydrogens (tertiary/aromatic N) is 2. The van der Waals surface area contributed by atoms with Gasteiger partial charge in [-0.15, -0.1) is 0 Å². The van der Waals surface area contributed by atoms with Crippen molar-refractivity contribution < 1.29 is 9.66 Å². The number of ether oxygens (including phenoxy) is 1. The van der Waals surface area contributed by atoms with E-state index in [-0.39, 0.29) is 10.6 Å². The Morgan fingerprint density at radius 1 is 1.45 bits per heavy atom. The first-order chi connectivity index (χ1) is 9.61. The third-order valence-electron chi connectivity index (χ3n) is 4.62.